The smallest absolute Gasteiger partial charge is 0.422 e. The second-order valence-corrected chi connectivity index (χ2v) is 4.45. The molecule has 0 fully saturated rings. The van der Waals surface area contributed by atoms with Gasteiger partial charge in [0.1, 0.15) is 0 Å². The molecule has 1 amide bonds. The first-order chi connectivity index (χ1) is 9.44. The van der Waals surface area contributed by atoms with Crippen molar-refractivity contribution in [2.75, 3.05) is 11.9 Å². The van der Waals surface area contributed by atoms with Gasteiger partial charge in [-0.25, -0.2) is 9.78 Å². The summed E-state index contributed by atoms with van der Waals surface area (Å²) in [5.74, 6) is 0. The van der Waals surface area contributed by atoms with Crippen LogP contribution in [-0.4, -0.2) is 28.8 Å². The fourth-order valence-electron chi connectivity index (χ4n) is 1.25. The number of nitrogens with zero attached hydrogens (tertiary/aromatic N) is 2. The average molecular weight is 303 g/mol. The SMILES string of the molecule is O=C(Nc1nc(-c2cccnc2)cs1)OCC(F)(F)F. The van der Waals surface area contributed by atoms with Crippen LogP contribution in [0.1, 0.15) is 0 Å². The molecule has 0 aliphatic rings. The van der Waals surface area contributed by atoms with Crippen LogP contribution in [0.15, 0.2) is 29.9 Å². The number of alkyl halides is 3. The summed E-state index contributed by atoms with van der Waals surface area (Å²) in [7, 11) is 0. The summed E-state index contributed by atoms with van der Waals surface area (Å²) in [6.45, 7) is -1.64. The molecular formula is C11H8F3N3O2S. The Labute approximate surface area is 115 Å². The molecule has 0 spiro atoms. The summed E-state index contributed by atoms with van der Waals surface area (Å²) >= 11 is 1.07. The van der Waals surface area contributed by atoms with E-state index in [0.717, 1.165) is 16.9 Å². The molecule has 2 aromatic heterocycles. The van der Waals surface area contributed by atoms with Crippen molar-refractivity contribution < 1.29 is 22.7 Å². The first-order valence-electron chi connectivity index (χ1n) is 5.30. The van der Waals surface area contributed by atoms with Crippen molar-refractivity contribution in [2.45, 2.75) is 6.18 Å². The van der Waals surface area contributed by atoms with E-state index < -0.39 is 18.9 Å². The molecule has 2 rings (SSSR count). The maximum Gasteiger partial charge on any atom is 0.422 e. The molecule has 5 nitrogen and oxygen atoms in total. The number of hydrogen-bond acceptors (Lipinski definition) is 5. The van der Waals surface area contributed by atoms with Crippen LogP contribution in [0.3, 0.4) is 0 Å². The molecule has 0 aliphatic heterocycles. The Morgan fingerprint density at radius 2 is 2.25 bits per heavy atom. The van der Waals surface area contributed by atoms with Gasteiger partial charge in [0.15, 0.2) is 11.7 Å². The van der Waals surface area contributed by atoms with Crippen LogP contribution in [-0.2, 0) is 4.74 Å². The lowest BCUT2D eigenvalue weighted by Crippen LogP contribution is -2.23. The van der Waals surface area contributed by atoms with Crippen LogP contribution in [0.4, 0.5) is 23.1 Å². The van der Waals surface area contributed by atoms with Crippen molar-refractivity contribution in [1.29, 1.82) is 0 Å². The molecule has 0 aliphatic carbocycles. The number of pyridine rings is 1. The number of hydrogen-bond donors (Lipinski definition) is 1. The van der Waals surface area contributed by atoms with Crippen molar-refractivity contribution in [1.82, 2.24) is 9.97 Å². The highest BCUT2D eigenvalue weighted by molar-refractivity contribution is 7.14. The number of aromatic nitrogens is 2. The third-order valence-corrected chi connectivity index (χ3v) is 2.80. The molecule has 1 N–H and O–H groups in total. The molecular weight excluding hydrogens is 295 g/mol. The molecule has 9 heteroatoms. The van der Waals surface area contributed by atoms with Gasteiger partial charge in [0.25, 0.3) is 0 Å². The highest BCUT2D eigenvalue weighted by Crippen LogP contribution is 2.24. The van der Waals surface area contributed by atoms with Gasteiger partial charge in [-0.1, -0.05) is 0 Å². The van der Waals surface area contributed by atoms with Crippen LogP contribution in [0.2, 0.25) is 0 Å². The summed E-state index contributed by atoms with van der Waals surface area (Å²) in [6.07, 6.45) is -2.57. The van der Waals surface area contributed by atoms with Crippen molar-refractivity contribution in [3.05, 3.63) is 29.9 Å². The number of halogens is 3. The number of carbonyl (C=O) groups is 1. The van der Waals surface area contributed by atoms with E-state index in [-0.39, 0.29) is 5.13 Å². The number of thiazole rings is 1. The van der Waals surface area contributed by atoms with Crippen molar-refractivity contribution >= 4 is 22.6 Å². The van der Waals surface area contributed by atoms with Crippen LogP contribution in [0, 0.1) is 0 Å². The predicted octanol–water partition coefficient (Wildman–Crippen LogP) is 3.32. The highest BCUT2D eigenvalue weighted by Gasteiger charge is 2.29. The quantitative estimate of drug-likeness (QED) is 0.944. The van der Waals surface area contributed by atoms with Crippen LogP contribution < -0.4 is 5.32 Å². The van der Waals surface area contributed by atoms with Gasteiger partial charge < -0.3 is 4.74 Å². The van der Waals surface area contributed by atoms with Crippen molar-refractivity contribution in [3.63, 3.8) is 0 Å². The zero-order chi connectivity index (χ0) is 14.6. The molecule has 2 heterocycles. The third-order valence-electron chi connectivity index (χ3n) is 2.04. The van der Waals surface area contributed by atoms with E-state index in [4.69, 9.17) is 0 Å². The fraction of sp³-hybridized carbons (Fsp3) is 0.182. The molecule has 0 bridgehead atoms. The van der Waals surface area contributed by atoms with E-state index in [0.29, 0.717) is 5.69 Å². The number of nitrogens with one attached hydrogen (secondary N) is 1. The van der Waals surface area contributed by atoms with Crippen molar-refractivity contribution in [2.24, 2.45) is 0 Å². The van der Waals surface area contributed by atoms with Gasteiger partial charge in [-0.2, -0.15) is 13.2 Å². The maximum absolute atomic E-state index is 11.9. The van der Waals surface area contributed by atoms with Gasteiger partial charge in [-0.05, 0) is 12.1 Å². The van der Waals surface area contributed by atoms with Gasteiger partial charge in [-0.15, -0.1) is 11.3 Å². The maximum atomic E-state index is 11.9. The zero-order valence-electron chi connectivity index (χ0n) is 9.85. The van der Waals surface area contributed by atoms with E-state index in [1.165, 1.54) is 0 Å². The summed E-state index contributed by atoms with van der Waals surface area (Å²) < 4.78 is 39.6. The predicted molar refractivity (Wildman–Crippen MR) is 66.4 cm³/mol. The average Bonchev–Trinajstić information content (AvgIpc) is 2.85. The summed E-state index contributed by atoms with van der Waals surface area (Å²) in [6, 6.07) is 3.49. The lowest BCUT2D eigenvalue weighted by Gasteiger charge is -2.07. The first kappa shape index (κ1) is 14.3. The molecule has 0 radical (unpaired) electrons. The minimum Gasteiger partial charge on any atom is -0.440 e. The largest absolute Gasteiger partial charge is 0.440 e. The monoisotopic (exact) mass is 303 g/mol. The Morgan fingerprint density at radius 3 is 2.90 bits per heavy atom. The number of anilines is 1. The Balaban J connectivity index is 1.95. The standard InChI is InChI=1S/C11H8F3N3O2S/c12-11(13,14)6-19-10(18)17-9-16-8(5-20-9)7-2-1-3-15-4-7/h1-5H,6H2,(H,16,17,18). The van der Waals surface area contributed by atoms with E-state index in [9.17, 15) is 18.0 Å². The minimum atomic E-state index is -4.55. The van der Waals surface area contributed by atoms with E-state index in [2.05, 4.69) is 20.0 Å². The molecule has 20 heavy (non-hydrogen) atoms. The van der Waals surface area contributed by atoms with Crippen LogP contribution >= 0.6 is 11.3 Å². The third kappa shape index (κ3) is 4.19. The lowest BCUT2D eigenvalue weighted by atomic mass is 10.2. The normalized spacial score (nSPS) is 11.2. The van der Waals surface area contributed by atoms with E-state index in [1.807, 2.05) is 0 Å². The van der Waals surface area contributed by atoms with E-state index in [1.54, 1.807) is 29.9 Å². The second-order valence-electron chi connectivity index (χ2n) is 3.60. The summed E-state index contributed by atoms with van der Waals surface area (Å²) in [5, 5.41) is 3.93. The molecule has 0 saturated carbocycles. The fourth-order valence-corrected chi connectivity index (χ4v) is 1.95. The molecule has 0 aromatic carbocycles. The van der Waals surface area contributed by atoms with Crippen LogP contribution in [0.5, 0.6) is 0 Å². The van der Waals surface area contributed by atoms with E-state index >= 15 is 0 Å². The van der Waals surface area contributed by atoms with Gasteiger partial charge in [0, 0.05) is 23.3 Å². The number of amides is 1. The van der Waals surface area contributed by atoms with Gasteiger partial charge in [-0.3, -0.25) is 10.3 Å². The minimum absolute atomic E-state index is 0.149. The molecule has 0 unspecified atom stereocenters. The Bertz CT molecular complexity index is 586. The van der Waals surface area contributed by atoms with Gasteiger partial charge in [0.2, 0.25) is 0 Å². The van der Waals surface area contributed by atoms with Gasteiger partial charge in [0.05, 0.1) is 5.69 Å². The number of carbonyl (C=O) groups excluding carboxylic acids is 1. The lowest BCUT2D eigenvalue weighted by molar-refractivity contribution is -0.159. The molecule has 0 saturated heterocycles. The van der Waals surface area contributed by atoms with Gasteiger partial charge >= 0.3 is 12.3 Å². The number of ether oxygens (including phenoxy) is 1. The van der Waals surface area contributed by atoms with Crippen LogP contribution in [0.25, 0.3) is 11.3 Å². The molecule has 2 aromatic rings. The Morgan fingerprint density at radius 1 is 1.45 bits per heavy atom. The van der Waals surface area contributed by atoms with Crippen molar-refractivity contribution in [3.8, 4) is 11.3 Å². The summed E-state index contributed by atoms with van der Waals surface area (Å²) in [4.78, 5) is 19.1. The highest BCUT2D eigenvalue weighted by atomic mass is 32.1. The first-order valence-corrected chi connectivity index (χ1v) is 6.18. The topological polar surface area (TPSA) is 64.1 Å². The Kier molecular flexibility index (Phi) is 4.18. The molecule has 0 atom stereocenters. The number of rotatable bonds is 3. The zero-order valence-corrected chi connectivity index (χ0v) is 10.7. The second kappa shape index (κ2) is 5.87. The molecule has 106 valence electrons. The Hall–Kier alpha value is -2.16. The summed E-state index contributed by atoms with van der Waals surface area (Å²) in [5.41, 5.74) is 1.30.